The molecule has 1 aromatic rings. The van der Waals surface area contributed by atoms with Crippen molar-refractivity contribution in [2.75, 3.05) is 13.7 Å². The summed E-state index contributed by atoms with van der Waals surface area (Å²) in [7, 11) is 1.49. The molecular weight excluding hydrogens is 324 g/mol. The first-order valence-electron chi connectivity index (χ1n) is 7.68. The topological polar surface area (TPSA) is 115 Å². The van der Waals surface area contributed by atoms with Gasteiger partial charge < -0.3 is 25.1 Å². The van der Waals surface area contributed by atoms with Crippen LogP contribution in [0.5, 0.6) is 11.5 Å². The van der Waals surface area contributed by atoms with Crippen LogP contribution >= 0.6 is 0 Å². The van der Waals surface area contributed by atoms with Crippen LogP contribution in [0.1, 0.15) is 30.9 Å². The van der Waals surface area contributed by atoms with Gasteiger partial charge in [0.2, 0.25) is 5.88 Å². The lowest BCUT2D eigenvalue weighted by Gasteiger charge is -2.27. The smallest absolute Gasteiger partial charge is 0.338 e. The molecule has 0 bridgehead atoms. The highest BCUT2D eigenvalue weighted by Gasteiger charge is 2.38. The highest BCUT2D eigenvalue weighted by atomic mass is 16.5. The molecule has 1 aromatic carbocycles. The molecule has 132 valence electrons. The van der Waals surface area contributed by atoms with Crippen LogP contribution < -0.4 is 10.5 Å². The van der Waals surface area contributed by atoms with Gasteiger partial charge in [-0.1, -0.05) is 0 Å². The van der Waals surface area contributed by atoms with Gasteiger partial charge in [0.15, 0.2) is 0 Å². The molecule has 1 unspecified atom stereocenters. The van der Waals surface area contributed by atoms with Crippen LogP contribution in [0.3, 0.4) is 0 Å². The number of hydrogen-bond acceptors (Lipinski definition) is 7. The summed E-state index contributed by atoms with van der Waals surface area (Å²) in [6.07, 6.45) is 0. The number of ether oxygens (including phenoxy) is 3. The third-order valence-corrected chi connectivity index (χ3v) is 3.95. The largest absolute Gasteiger partial charge is 0.507 e. The van der Waals surface area contributed by atoms with Crippen molar-refractivity contribution in [2.45, 2.75) is 26.7 Å². The van der Waals surface area contributed by atoms with E-state index >= 15 is 0 Å². The molecule has 1 aliphatic rings. The molecule has 0 aliphatic carbocycles. The second kappa shape index (κ2) is 7.18. The van der Waals surface area contributed by atoms with E-state index in [9.17, 15) is 15.2 Å². The molecule has 1 atom stereocenters. The number of esters is 1. The molecule has 0 radical (unpaired) electrons. The number of nitriles is 1. The number of rotatable bonds is 4. The van der Waals surface area contributed by atoms with Gasteiger partial charge in [-0.2, -0.15) is 5.26 Å². The fraction of sp³-hybridized carbons (Fsp3) is 0.333. The van der Waals surface area contributed by atoms with E-state index in [2.05, 4.69) is 0 Å². The molecule has 1 heterocycles. The summed E-state index contributed by atoms with van der Waals surface area (Å²) in [5.41, 5.74) is 6.84. The lowest BCUT2D eigenvalue weighted by Crippen LogP contribution is -2.25. The Morgan fingerprint density at radius 3 is 2.68 bits per heavy atom. The summed E-state index contributed by atoms with van der Waals surface area (Å²) in [6.45, 7) is 5.09. The lowest BCUT2D eigenvalue weighted by molar-refractivity contribution is -0.139. The first-order chi connectivity index (χ1) is 11.8. The number of aromatic hydroxyl groups is 1. The van der Waals surface area contributed by atoms with Gasteiger partial charge in [-0.3, -0.25) is 0 Å². The molecule has 0 amide bonds. The van der Waals surface area contributed by atoms with Crippen molar-refractivity contribution in [1.82, 2.24) is 0 Å². The number of allylic oxidation sites excluding steroid dienone is 2. The number of aryl methyl sites for hydroxylation is 1. The van der Waals surface area contributed by atoms with Crippen LogP contribution in [0, 0.1) is 18.3 Å². The van der Waals surface area contributed by atoms with Gasteiger partial charge in [0.25, 0.3) is 0 Å². The predicted molar refractivity (Wildman–Crippen MR) is 89.4 cm³/mol. The Hall–Kier alpha value is -3.14. The molecule has 2 rings (SSSR count). The summed E-state index contributed by atoms with van der Waals surface area (Å²) >= 11 is 0. The maximum Gasteiger partial charge on any atom is 0.338 e. The minimum Gasteiger partial charge on any atom is -0.507 e. The minimum atomic E-state index is -0.911. The Bertz CT molecular complexity index is 817. The molecule has 1 aliphatic heterocycles. The molecule has 25 heavy (non-hydrogen) atoms. The number of phenols is 1. The van der Waals surface area contributed by atoms with Crippen molar-refractivity contribution in [2.24, 2.45) is 5.73 Å². The number of methoxy groups -OCH3 is 1. The van der Waals surface area contributed by atoms with E-state index < -0.39 is 11.9 Å². The second-order valence-electron chi connectivity index (χ2n) is 5.50. The van der Waals surface area contributed by atoms with Crippen LogP contribution in [0.4, 0.5) is 0 Å². The first-order valence-corrected chi connectivity index (χ1v) is 7.68. The number of nitrogens with zero attached hydrogens (tertiary/aromatic N) is 1. The molecule has 0 saturated heterocycles. The number of carbonyl (C=O) groups excluding carboxylic acids is 1. The van der Waals surface area contributed by atoms with Crippen molar-refractivity contribution < 1.29 is 24.1 Å². The quantitative estimate of drug-likeness (QED) is 0.806. The van der Waals surface area contributed by atoms with E-state index in [1.807, 2.05) is 6.07 Å². The molecule has 0 aromatic heterocycles. The number of nitrogens with two attached hydrogens (primary N) is 1. The van der Waals surface area contributed by atoms with Gasteiger partial charge in [-0.25, -0.2) is 4.79 Å². The zero-order valence-electron chi connectivity index (χ0n) is 14.5. The molecular formula is C18H20N2O5. The molecule has 7 heteroatoms. The summed E-state index contributed by atoms with van der Waals surface area (Å²) in [6, 6.07) is 5.19. The molecule has 0 fully saturated rings. The summed E-state index contributed by atoms with van der Waals surface area (Å²) in [5.74, 6) is -1.01. The number of carbonyl (C=O) groups is 1. The van der Waals surface area contributed by atoms with E-state index in [1.165, 1.54) is 7.11 Å². The Balaban J connectivity index is 2.75. The number of benzene rings is 1. The van der Waals surface area contributed by atoms with Crippen molar-refractivity contribution in [3.63, 3.8) is 0 Å². The number of phenolic OH excluding ortho intramolecular Hbond substituents is 1. The van der Waals surface area contributed by atoms with Gasteiger partial charge in [0.1, 0.15) is 28.9 Å². The molecule has 3 N–H and O–H groups in total. The second-order valence-corrected chi connectivity index (χ2v) is 5.50. The van der Waals surface area contributed by atoms with Gasteiger partial charge >= 0.3 is 5.97 Å². The molecule has 7 nitrogen and oxygen atoms in total. The maximum atomic E-state index is 12.5. The van der Waals surface area contributed by atoms with Crippen molar-refractivity contribution >= 4 is 5.97 Å². The Morgan fingerprint density at radius 2 is 2.12 bits per heavy atom. The van der Waals surface area contributed by atoms with Crippen molar-refractivity contribution in [1.29, 1.82) is 5.26 Å². The predicted octanol–water partition coefficient (Wildman–Crippen LogP) is 2.35. The van der Waals surface area contributed by atoms with Crippen molar-refractivity contribution in [3.8, 4) is 17.6 Å². The van der Waals surface area contributed by atoms with E-state index in [1.54, 1.807) is 32.9 Å². The third kappa shape index (κ3) is 3.24. The normalized spacial score (nSPS) is 17.0. The first kappa shape index (κ1) is 18.2. The molecule has 0 saturated carbocycles. The van der Waals surface area contributed by atoms with Gasteiger partial charge in [0.05, 0.1) is 25.2 Å². The van der Waals surface area contributed by atoms with Gasteiger partial charge in [0, 0.05) is 5.56 Å². The highest BCUT2D eigenvalue weighted by molar-refractivity contribution is 5.93. The monoisotopic (exact) mass is 344 g/mol. The highest BCUT2D eigenvalue weighted by Crippen LogP contribution is 2.44. The average molecular weight is 344 g/mol. The lowest BCUT2D eigenvalue weighted by atomic mass is 9.82. The summed E-state index contributed by atoms with van der Waals surface area (Å²) < 4.78 is 15.7. The zero-order valence-corrected chi connectivity index (χ0v) is 14.5. The maximum absolute atomic E-state index is 12.5. The van der Waals surface area contributed by atoms with Crippen LogP contribution in [-0.4, -0.2) is 24.8 Å². The van der Waals surface area contributed by atoms with E-state index in [0.29, 0.717) is 16.9 Å². The van der Waals surface area contributed by atoms with E-state index in [0.717, 1.165) is 0 Å². The van der Waals surface area contributed by atoms with E-state index in [-0.39, 0.29) is 35.1 Å². The fourth-order valence-electron chi connectivity index (χ4n) is 2.78. The Labute approximate surface area is 145 Å². The fourth-order valence-corrected chi connectivity index (χ4v) is 2.78. The van der Waals surface area contributed by atoms with Gasteiger partial charge in [-0.15, -0.1) is 0 Å². The standard InChI is InChI=1S/C18H20N2O5/c1-5-24-18(22)14-10(3)25-17(20)13(8-19)15(14)12-7-11(23-4)6-9(2)16(12)21/h6-7,15,21H,5,20H2,1-4H3. The number of hydrogen-bond donors (Lipinski definition) is 2. The van der Waals surface area contributed by atoms with Crippen LogP contribution in [-0.2, 0) is 14.3 Å². The third-order valence-electron chi connectivity index (χ3n) is 3.95. The van der Waals surface area contributed by atoms with Crippen molar-refractivity contribution in [3.05, 3.63) is 46.0 Å². The summed E-state index contributed by atoms with van der Waals surface area (Å²) in [4.78, 5) is 12.5. The minimum absolute atomic E-state index is 0.0246. The Morgan fingerprint density at radius 1 is 1.44 bits per heavy atom. The van der Waals surface area contributed by atoms with Crippen LogP contribution in [0.15, 0.2) is 34.9 Å². The summed E-state index contributed by atoms with van der Waals surface area (Å²) in [5, 5.41) is 20.1. The zero-order chi connectivity index (χ0) is 18.7. The van der Waals surface area contributed by atoms with Gasteiger partial charge in [-0.05, 0) is 38.5 Å². The average Bonchev–Trinajstić information content (AvgIpc) is 2.56. The Kier molecular flexibility index (Phi) is 5.22. The molecule has 0 spiro atoms. The van der Waals surface area contributed by atoms with Crippen LogP contribution in [0.2, 0.25) is 0 Å². The van der Waals surface area contributed by atoms with Crippen LogP contribution in [0.25, 0.3) is 0 Å². The SMILES string of the molecule is CCOC(=O)C1=C(C)OC(N)=C(C#N)C1c1cc(OC)cc(C)c1O. The van der Waals surface area contributed by atoms with E-state index in [4.69, 9.17) is 19.9 Å².